The zero-order chi connectivity index (χ0) is 20.4. The number of anilines is 1. The van der Waals surface area contributed by atoms with Crippen molar-refractivity contribution in [1.82, 2.24) is 0 Å². The molecule has 2 aromatic carbocycles. The molecule has 1 atom stereocenters. The molecule has 0 fully saturated rings. The zero-order valence-electron chi connectivity index (χ0n) is 16.3. The number of ether oxygens (including phenoxy) is 4. The lowest BCUT2D eigenvalue weighted by atomic mass is 10.2. The molecule has 0 saturated heterocycles. The average molecular weight is 387 g/mol. The molecule has 1 amide bonds. The molecule has 0 aromatic heterocycles. The van der Waals surface area contributed by atoms with Crippen molar-refractivity contribution >= 4 is 17.6 Å². The van der Waals surface area contributed by atoms with Crippen LogP contribution in [0.1, 0.15) is 19.8 Å². The summed E-state index contributed by atoms with van der Waals surface area (Å²) in [6.45, 7) is 1.89. The molecular weight excluding hydrogens is 362 g/mol. The number of para-hydroxylation sites is 2. The van der Waals surface area contributed by atoms with E-state index in [4.69, 9.17) is 18.9 Å². The summed E-state index contributed by atoms with van der Waals surface area (Å²) < 4.78 is 21.0. The van der Waals surface area contributed by atoms with E-state index in [9.17, 15) is 9.59 Å². The number of carbonyl (C=O) groups excluding carboxylic acids is 2. The normalized spacial score (nSPS) is 11.2. The van der Waals surface area contributed by atoms with E-state index >= 15 is 0 Å². The smallest absolute Gasteiger partial charge is 0.306 e. The second-order valence-corrected chi connectivity index (χ2v) is 5.95. The lowest BCUT2D eigenvalue weighted by Gasteiger charge is -2.15. The van der Waals surface area contributed by atoms with Crippen molar-refractivity contribution in [2.75, 3.05) is 26.1 Å². The van der Waals surface area contributed by atoms with Gasteiger partial charge in [0.05, 0.1) is 26.5 Å². The number of rotatable bonds is 10. The minimum atomic E-state index is -0.917. The molecule has 2 aromatic rings. The van der Waals surface area contributed by atoms with Gasteiger partial charge in [-0.2, -0.15) is 0 Å². The van der Waals surface area contributed by atoms with Crippen LogP contribution in [0.3, 0.4) is 0 Å². The third-order valence-electron chi connectivity index (χ3n) is 3.90. The van der Waals surface area contributed by atoms with Gasteiger partial charge in [0.1, 0.15) is 17.2 Å². The Labute approximate surface area is 164 Å². The minimum Gasteiger partial charge on any atom is -0.497 e. The first-order valence-electron chi connectivity index (χ1n) is 8.93. The Hall–Kier alpha value is -3.22. The summed E-state index contributed by atoms with van der Waals surface area (Å²) in [5.74, 6) is 1.09. The van der Waals surface area contributed by atoms with Crippen LogP contribution in [-0.2, 0) is 14.3 Å². The summed E-state index contributed by atoms with van der Waals surface area (Å²) in [5.41, 5.74) is 0.519. The molecule has 7 heteroatoms. The van der Waals surface area contributed by atoms with E-state index in [-0.39, 0.29) is 6.42 Å². The van der Waals surface area contributed by atoms with Gasteiger partial charge in [0.2, 0.25) is 0 Å². The van der Waals surface area contributed by atoms with Crippen molar-refractivity contribution in [2.24, 2.45) is 0 Å². The van der Waals surface area contributed by atoms with Gasteiger partial charge < -0.3 is 24.3 Å². The first-order chi connectivity index (χ1) is 13.5. The van der Waals surface area contributed by atoms with Crippen LogP contribution < -0.4 is 19.5 Å². The first kappa shape index (κ1) is 21.1. The quantitative estimate of drug-likeness (QED) is 0.497. The number of hydrogen-bond donors (Lipinski definition) is 1. The molecule has 0 aliphatic rings. The van der Waals surface area contributed by atoms with Gasteiger partial charge in [-0.1, -0.05) is 12.1 Å². The third-order valence-corrected chi connectivity index (χ3v) is 3.90. The van der Waals surface area contributed by atoms with Gasteiger partial charge in [0.15, 0.2) is 6.10 Å². The molecule has 1 unspecified atom stereocenters. The second kappa shape index (κ2) is 10.8. The van der Waals surface area contributed by atoms with Crippen molar-refractivity contribution in [2.45, 2.75) is 25.9 Å². The number of esters is 1. The van der Waals surface area contributed by atoms with Gasteiger partial charge in [-0.15, -0.1) is 0 Å². The van der Waals surface area contributed by atoms with E-state index in [2.05, 4.69) is 5.32 Å². The molecule has 0 radical (unpaired) electrons. The van der Waals surface area contributed by atoms with Crippen LogP contribution in [0.15, 0.2) is 48.5 Å². The highest BCUT2D eigenvalue weighted by Crippen LogP contribution is 2.23. The zero-order valence-corrected chi connectivity index (χ0v) is 16.3. The number of nitrogens with one attached hydrogen (secondary N) is 1. The van der Waals surface area contributed by atoms with Crippen LogP contribution in [0.5, 0.6) is 17.2 Å². The average Bonchev–Trinajstić information content (AvgIpc) is 2.72. The van der Waals surface area contributed by atoms with Crippen molar-refractivity contribution in [3.63, 3.8) is 0 Å². The Morgan fingerprint density at radius 1 is 0.964 bits per heavy atom. The lowest BCUT2D eigenvalue weighted by molar-refractivity contribution is -0.153. The molecule has 150 valence electrons. The van der Waals surface area contributed by atoms with Gasteiger partial charge in [-0.25, -0.2) is 0 Å². The molecule has 0 aliphatic heterocycles. The molecule has 2 rings (SSSR count). The molecule has 28 heavy (non-hydrogen) atoms. The highest BCUT2D eigenvalue weighted by atomic mass is 16.5. The fourth-order valence-corrected chi connectivity index (χ4v) is 2.37. The van der Waals surface area contributed by atoms with Crippen molar-refractivity contribution in [3.05, 3.63) is 48.5 Å². The van der Waals surface area contributed by atoms with E-state index in [1.807, 2.05) is 0 Å². The van der Waals surface area contributed by atoms with Crippen molar-refractivity contribution in [1.29, 1.82) is 0 Å². The van der Waals surface area contributed by atoms with Gasteiger partial charge in [-0.3, -0.25) is 9.59 Å². The first-order valence-corrected chi connectivity index (χ1v) is 8.93. The molecule has 0 heterocycles. The highest BCUT2D eigenvalue weighted by molar-refractivity contribution is 5.96. The van der Waals surface area contributed by atoms with E-state index < -0.39 is 18.0 Å². The summed E-state index contributed by atoms with van der Waals surface area (Å²) in [7, 11) is 3.11. The van der Waals surface area contributed by atoms with Crippen LogP contribution in [0, 0.1) is 0 Å². The van der Waals surface area contributed by atoms with Crippen LogP contribution in [0.2, 0.25) is 0 Å². The Bertz CT molecular complexity index is 775. The van der Waals surface area contributed by atoms with Gasteiger partial charge >= 0.3 is 5.97 Å². The van der Waals surface area contributed by atoms with Crippen LogP contribution >= 0.6 is 0 Å². The Balaban J connectivity index is 1.70. The summed E-state index contributed by atoms with van der Waals surface area (Å²) >= 11 is 0. The van der Waals surface area contributed by atoms with Gasteiger partial charge in [0, 0.05) is 6.42 Å². The number of carbonyl (C=O) groups is 2. The number of hydrogen-bond acceptors (Lipinski definition) is 6. The maximum absolute atomic E-state index is 12.2. The predicted molar refractivity (Wildman–Crippen MR) is 105 cm³/mol. The molecule has 1 N–H and O–H groups in total. The van der Waals surface area contributed by atoms with Crippen LogP contribution in [0.4, 0.5) is 5.69 Å². The van der Waals surface area contributed by atoms with Gasteiger partial charge in [0.25, 0.3) is 5.91 Å². The molecule has 7 nitrogen and oxygen atoms in total. The fourth-order valence-electron chi connectivity index (χ4n) is 2.37. The minimum absolute atomic E-state index is 0.155. The van der Waals surface area contributed by atoms with Gasteiger partial charge in [-0.05, 0) is 49.7 Å². The largest absolute Gasteiger partial charge is 0.497 e. The maximum atomic E-state index is 12.2. The molecule has 0 bridgehead atoms. The van der Waals surface area contributed by atoms with Crippen LogP contribution in [0.25, 0.3) is 0 Å². The number of benzene rings is 2. The molecule has 0 saturated carbocycles. The fraction of sp³-hybridized carbons (Fsp3) is 0.333. The highest BCUT2D eigenvalue weighted by Gasteiger charge is 2.19. The topological polar surface area (TPSA) is 83.1 Å². The van der Waals surface area contributed by atoms with Crippen molar-refractivity contribution < 1.29 is 28.5 Å². The van der Waals surface area contributed by atoms with E-state index in [1.165, 1.54) is 14.0 Å². The SMILES string of the molecule is COc1ccc(OCCCC(=O)OC(C)C(=O)Nc2ccccc2OC)cc1. The predicted octanol–water partition coefficient (Wildman–Crippen LogP) is 3.43. The lowest BCUT2D eigenvalue weighted by Crippen LogP contribution is -2.30. The maximum Gasteiger partial charge on any atom is 0.306 e. The molecule has 0 aliphatic carbocycles. The monoisotopic (exact) mass is 387 g/mol. The standard InChI is InChI=1S/C21H25NO6/c1-15(21(24)22-18-7-4-5-8-19(18)26-3)28-20(23)9-6-14-27-17-12-10-16(25-2)11-13-17/h4-5,7-8,10-13,15H,6,9,14H2,1-3H3,(H,22,24). The van der Waals surface area contributed by atoms with Crippen molar-refractivity contribution in [3.8, 4) is 17.2 Å². The third kappa shape index (κ3) is 6.50. The Morgan fingerprint density at radius 2 is 1.64 bits per heavy atom. The number of methoxy groups -OCH3 is 2. The Kier molecular flexibility index (Phi) is 8.14. The van der Waals surface area contributed by atoms with E-state index in [1.54, 1.807) is 55.6 Å². The summed E-state index contributed by atoms with van der Waals surface area (Å²) in [4.78, 5) is 24.1. The Morgan fingerprint density at radius 3 is 2.32 bits per heavy atom. The summed E-state index contributed by atoms with van der Waals surface area (Å²) in [6, 6.07) is 14.2. The summed E-state index contributed by atoms with van der Waals surface area (Å²) in [5, 5.41) is 2.69. The number of amides is 1. The second-order valence-electron chi connectivity index (χ2n) is 5.95. The molecular formula is C21H25NO6. The molecule has 0 spiro atoms. The van der Waals surface area contributed by atoms with Crippen LogP contribution in [-0.4, -0.2) is 38.8 Å². The summed E-state index contributed by atoms with van der Waals surface area (Å²) in [6.07, 6.45) is -0.284. The van der Waals surface area contributed by atoms with E-state index in [0.29, 0.717) is 30.2 Å². The van der Waals surface area contributed by atoms with E-state index in [0.717, 1.165) is 5.75 Å².